The second kappa shape index (κ2) is 6.17. The van der Waals surface area contributed by atoms with Gasteiger partial charge in [-0.05, 0) is 32.1 Å². The molecule has 2 bridgehead atoms. The van der Waals surface area contributed by atoms with Crippen molar-refractivity contribution in [2.75, 3.05) is 13.6 Å². The highest BCUT2D eigenvalue weighted by Crippen LogP contribution is 2.59. The number of aromatic nitrogens is 2. The lowest BCUT2D eigenvalue weighted by Crippen LogP contribution is -2.60. The molecule has 7 heteroatoms. The van der Waals surface area contributed by atoms with E-state index in [1.54, 1.807) is 16.6 Å². The number of carbonyl (C=O) groups is 3. The minimum Gasteiger partial charge on any atom is -0.340 e. The first-order chi connectivity index (χ1) is 12.4. The Morgan fingerprint density at radius 1 is 1.26 bits per heavy atom. The quantitative estimate of drug-likeness (QED) is 0.753. The molecule has 148 valence electrons. The van der Waals surface area contributed by atoms with E-state index in [2.05, 4.69) is 5.10 Å². The first-order valence-corrected chi connectivity index (χ1v) is 9.50. The Bertz CT molecular complexity index is 825. The van der Waals surface area contributed by atoms with Crippen LogP contribution in [0.2, 0.25) is 0 Å². The van der Waals surface area contributed by atoms with Gasteiger partial charge in [0, 0.05) is 37.8 Å². The van der Waals surface area contributed by atoms with Crippen LogP contribution in [0, 0.1) is 30.6 Å². The maximum Gasteiger partial charge on any atom is 0.242 e. The Labute approximate surface area is 160 Å². The molecule has 1 aromatic rings. The summed E-state index contributed by atoms with van der Waals surface area (Å²) in [4.78, 5) is 41.5. The third kappa shape index (κ3) is 2.70. The van der Waals surface area contributed by atoms with Gasteiger partial charge in [0.2, 0.25) is 17.7 Å². The average molecular weight is 374 g/mol. The number of aryl methyl sites for hydroxylation is 2. The van der Waals surface area contributed by atoms with Gasteiger partial charge in [-0.25, -0.2) is 0 Å². The summed E-state index contributed by atoms with van der Waals surface area (Å²) in [5.74, 6) is -0.833. The zero-order valence-electron chi connectivity index (χ0n) is 17.4. The minimum atomic E-state index is -0.582. The molecule has 27 heavy (non-hydrogen) atoms. The van der Waals surface area contributed by atoms with Crippen molar-refractivity contribution >= 4 is 17.7 Å². The fraction of sp³-hybridized carbons (Fsp3) is 0.700. The number of rotatable bonds is 4. The summed E-state index contributed by atoms with van der Waals surface area (Å²) >= 11 is 0. The molecule has 3 amide bonds. The molecule has 2 unspecified atom stereocenters. The molecule has 1 saturated carbocycles. The van der Waals surface area contributed by atoms with E-state index in [-0.39, 0.29) is 35.6 Å². The molecule has 1 aromatic heterocycles. The summed E-state index contributed by atoms with van der Waals surface area (Å²) in [5, 5.41) is 4.38. The van der Waals surface area contributed by atoms with Crippen LogP contribution in [0.5, 0.6) is 0 Å². The number of carbonyl (C=O) groups excluding carboxylic acids is 3. The monoisotopic (exact) mass is 374 g/mol. The van der Waals surface area contributed by atoms with Gasteiger partial charge in [0.1, 0.15) is 6.54 Å². The van der Waals surface area contributed by atoms with E-state index in [0.717, 1.165) is 17.0 Å². The molecule has 1 aliphatic heterocycles. The number of nitrogens with zero attached hydrogens (tertiary/aromatic N) is 4. The lowest BCUT2D eigenvalue weighted by atomic mass is 9.62. The summed E-state index contributed by atoms with van der Waals surface area (Å²) in [6, 6.07) is 0. The van der Waals surface area contributed by atoms with E-state index in [4.69, 9.17) is 0 Å². The fourth-order valence-electron chi connectivity index (χ4n) is 4.68. The van der Waals surface area contributed by atoms with Crippen molar-refractivity contribution in [3.8, 4) is 0 Å². The summed E-state index contributed by atoms with van der Waals surface area (Å²) in [7, 11) is 3.57. The van der Waals surface area contributed by atoms with Crippen molar-refractivity contribution in [1.29, 1.82) is 0 Å². The van der Waals surface area contributed by atoms with E-state index in [1.165, 1.54) is 4.90 Å². The summed E-state index contributed by atoms with van der Waals surface area (Å²) in [6.07, 6.45) is 1.41. The number of fused-ring (bicyclic) bond motifs is 2. The number of imide groups is 1. The molecule has 0 aromatic carbocycles. The molecule has 1 saturated heterocycles. The average Bonchev–Trinajstić information content (AvgIpc) is 2.94. The van der Waals surface area contributed by atoms with Gasteiger partial charge in [0.05, 0.1) is 11.1 Å². The van der Waals surface area contributed by atoms with Crippen LogP contribution >= 0.6 is 0 Å². The predicted molar refractivity (Wildman–Crippen MR) is 100 cm³/mol. The third-order valence-electron chi connectivity index (χ3n) is 7.28. The highest BCUT2D eigenvalue weighted by atomic mass is 16.2. The van der Waals surface area contributed by atoms with Crippen LogP contribution in [0.1, 0.15) is 50.6 Å². The van der Waals surface area contributed by atoms with Crippen molar-refractivity contribution < 1.29 is 14.4 Å². The van der Waals surface area contributed by atoms with E-state index >= 15 is 0 Å². The number of hydrogen-bond acceptors (Lipinski definition) is 4. The van der Waals surface area contributed by atoms with Gasteiger partial charge in [-0.15, -0.1) is 0 Å². The molecule has 2 fully saturated rings. The number of likely N-dealkylation sites (tertiary alicyclic amines) is 1. The lowest BCUT2D eigenvalue weighted by molar-refractivity contribution is -0.170. The smallest absolute Gasteiger partial charge is 0.242 e. The van der Waals surface area contributed by atoms with Gasteiger partial charge in [-0.2, -0.15) is 5.10 Å². The largest absolute Gasteiger partial charge is 0.340 e. The van der Waals surface area contributed by atoms with E-state index in [1.807, 2.05) is 41.7 Å². The molecular weight excluding hydrogens is 344 g/mol. The maximum absolute atomic E-state index is 13.1. The van der Waals surface area contributed by atoms with Gasteiger partial charge in [-0.1, -0.05) is 20.8 Å². The van der Waals surface area contributed by atoms with Crippen LogP contribution in [0.15, 0.2) is 0 Å². The summed E-state index contributed by atoms with van der Waals surface area (Å²) in [5.41, 5.74) is 1.94. The zero-order valence-corrected chi connectivity index (χ0v) is 17.4. The number of hydrogen-bond donors (Lipinski definition) is 0. The molecule has 0 radical (unpaired) electrons. The highest BCUT2D eigenvalue weighted by molar-refractivity contribution is 6.06. The molecule has 2 heterocycles. The third-order valence-corrected chi connectivity index (χ3v) is 7.28. The van der Waals surface area contributed by atoms with Crippen molar-refractivity contribution in [3.05, 3.63) is 17.0 Å². The minimum absolute atomic E-state index is 0.186. The molecular formula is C20H30N4O3. The predicted octanol–water partition coefficient (Wildman–Crippen LogP) is 1.81. The Kier molecular flexibility index (Phi) is 4.48. The van der Waals surface area contributed by atoms with Crippen molar-refractivity contribution in [1.82, 2.24) is 19.6 Å². The number of piperidine rings is 1. The zero-order chi connectivity index (χ0) is 20.3. The number of amides is 3. The molecule has 3 rings (SSSR count). The van der Waals surface area contributed by atoms with Crippen LogP contribution in [-0.4, -0.2) is 50.9 Å². The normalized spacial score (nSPS) is 26.6. The lowest BCUT2D eigenvalue weighted by Gasteiger charge is -2.47. The van der Waals surface area contributed by atoms with Gasteiger partial charge in [0.15, 0.2) is 0 Å². The molecule has 0 N–H and O–H groups in total. The molecule has 0 spiro atoms. The first-order valence-electron chi connectivity index (χ1n) is 9.50. The van der Waals surface area contributed by atoms with Gasteiger partial charge in [-0.3, -0.25) is 24.0 Å². The fourth-order valence-corrected chi connectivity index (χ4v) is 4.68. The molecule has 2 aliphatic rings. The standard InChI is InChI=1S/C20H30N4O3/c1-12-14(13(2)23(7)21-12)10-22(6)16(25)11-24-17(26)15-8-9-20(5,18(24)27)19(15,3)4/h15H,8-11H2,1-7H3. The van der Waals surface area contributed by atoms with Gasteiger partial charge >= 0.3 is 0 Å². The highest BCUT2D eigenvalue weighted by Gasteiger charge is 2.64. The second-order valence-electron chi connectivity index (χ2n) is 8.90. The van der Waals surface area contributed by atoms with Crippen molar-refractivity contribution in [2.24, 2.45) is 23.8 Å². The van der Waals surface area contributed by atoms with E-state index < -0.39 is 5.41 Å². The molecule has 2 atom stereocenters. The summed E-state index contributed by atoms with van der Waals surface area (Å²) in [6.45, 7) is 10.0. The van der Waals surface area contributed by atoms with Crippen LogP contribution in [0.3, 0.4) is 0 Å². The second-order valence-corrected chi connectivity index (χ2v) is 8.90. The van der Waals surface area contributed by atoms with Crippen LogP contribution in [-0.2, 0) is 28.0 Å². The van der Waals surface area contributed by atoms with Crippen LogP contribution in [0.25, 0.3) is 0 Å². The topological polar surface area (TPSA) is 75.5 Å². The van der Waals surface area contributed by atoms with Crippen LogP contribution in [0.4, 0.5) is 0 Å². The van der Waals surface area contributed by atoms with E-state index in [9.17, 15) is 14.4 Å². The maximum atomic E-state index is 13.1. The molecule has 7 nitrogen and oxygen atoms in total. The van der Waals surface area contributed by atoms with Gasteiger partial charge in [0.25, 0.3) is 0 Å². The van der Waals surface area contributed by atoms with Crippen molar-refractivity contribution in [3.63, 3.8) is 0 Å². The Morgan fingerprint density at radius 3 is 2.44 bits per heavy atom. The molecule has 1 aliphatic carbocycles. The Morgan fingerprint density at radius 2 is 1.89 bits per heavy atom. The van der Waals surface area contributed by atoms with Crippen LogP contribution < -0.4 is 0 Å². The number of likely N-dealkylation sites (N-methyl/N-ethyl adjacent to an activating group) is 1. The Hall–Kier alpha value is -2.18. The van der Waals surface area contributed by atoms with E-state index in [0.29, 0.717) is 19.4 Å². The van der Waals surface area contributed by atoms with Gasteiger partial charge < -0.3 is 4.90 Å². The summed E-state index contributed by atoms with van der Waals surface area (Å²) < 4.78 is 1.79. The Balaban J connectivity index is 1.76. The van der Waals surface area contributed by atoms with Crippen molar-refractivity contribution in [2.45, 2.75) is 54.0 Å². The SMILES string of the molecule is Cc1nn(C)c(C)c1CN(C)C(=O)CN1C(=O)C2CCC(C)(C1=O)C2(C)C. The first kappa shape index (κ1) is 19.6.